The summed E-state index contributed by atoms with van der Waals surface area (Å²) in [6.07, 6.45) is 0.287. The summed E-state index contributed by atoms with van der Waals surface area (Å²) in [5.74, 6) is -0.447. The molecule has 2 N–H and O–H groups in total. The molecule has 6 nitrogen and oxygen atoms in total. The summed E-state index contributed by atoms with van der Waals surface area (Å²) in [6.45, 7) is 1.69. The Kier molecular flexibility index (Phi) is 7.37. The molecule has 0 heterocycles. The molecule has 0 radical (unpaired) electrons. The lowest BCUT2D eigenvalue weighted by atomic mass is 10.1. The minimum atomic E-state index is -0.253. The van der Waals surface area contributed by atoms with Crippen LogP contribution in [-0.4, -0.2) is 31.6 Å². The van der Waals surface area contributed by atoms with Crippen LogP contribution in [0.25, 0.3) is 0 Å². The number of carbonyl (C=O) groups is 2. The normalized spacial score (nSPS) is 11.0. The Morgan fingerprint density at radius 1 is 1.00 bits per heavy atom. The van der Waals surface area contributed by atoms with E-state index in [1.807, 2.05) is 43.3 Å². The van der Waals surface area contributed by atoms with Crippen LogP contribution < -0.4 is 15.6 Å². The second-order valence-electron chi connectivity index (χ2n) is 6.35. The van der Waals surface area contributed by atoms with Crippen molar-refractivity contribution < 1.29 is 9.59 Å². The molecule has 0 aromatic heterocycles. The molecular formula is C20H23ClN4O2. The summed E-state index contributed by atoms with van der Waals surface area (Å²) in [5.41, 5.74) is 5.58. The first-order chi connectivity index (χ1) is 12.8. The minimum absolute atomic E-state index is 0.0939. The van der Waals surface area contributed by atoms with E-state index >= 15 is 0 Å². The molecule has 142 valence electrons. The third-order valence-corrected chi connectivity index (χ3v) is 3.99. The molecule has 0 saturated heterocycles. The highest BCUT2D eigenvalue weighted by Gasteiger charge is 2.07. The van der Waals surface area contributed by atoms with Crippen LogP contribution in [-0.2, 0) is 16.0 Å². The lowest BCUT2D eigenvalue weighted by molar-refractivity contribution is -0.120. The Morgan fingerprint density at radius 3 is 2.22 bits per heavy atom. The molecule has 2 amide bonds. The monoisotopic (exact) mass is 386 g/mol. The zero-order valence-corrected chi connectivity index (χ0v) is 16.4. The third-order valence-electron chi connectivity index (χ3n) is 3.73. The number of hydrazone groups is 1. The lowest BCUT2D eigenvalue weighted by Crippen LogP contribution is -2.22. The van der Waals surface area contributed by atoms with Gasteiger partial charge in [-0.15, -0.1) is 0 Å². The van der Waals surface area contributed by atoms with Crippen LogP contribution in [0, 0.1) is 0 Å². The van der Waals surface area contributed by atoms with Gasteiger partial charge in [-0.1, -0.05) is 23.7 Å². The summed E-state index contributed by atoms with van der Waals surface area (Å²) in [5, 5.41) is 7.41. The maximum Gasteiger partial charge on any atom is 0.244 e. The Balaban J connectivity index is 1.80. The third kappa shape index (κ3) is 7.11. The first kappa shape index (κ1) is 20.5. The molecule has 2 rings (SSSR count). The molecule has 2 aromatic rings. The molecule has 0 aliphatic rings. The molecular weight excluding hydrogens is 364 g/mol. The van der Waals surface area contributed by atoms with Crippen molar-refractivity contribution in [3.63, 3.8) is 0 Å². The number of anilines is 2. The van der Waals surface area contributed by atoms with E-state index in [0.717, 1.165) is 11.3 Å². The largest absolute Gasteiger partial charge is 0.378 e. The van der Waals surface area contributed by atoms with Gasteiger partial charge >= 0.3 is 0 Å². The van der Waals surface area contributed by atoms with Crippen molar-refractivity contribution in [2.75, 3.05) is 24.3 Å². The molecule has 0 atom stereocenters. The van der Waals surface area contributed by atoms with Crippen LogP contribution in [0.1, 0.15) is 18.9 Å². The second-order valence-corrected chi connectivity index (χ2v) is 6.79. The van der Waals surface area contributed by atoms with Crippen LogP contribution in [0.2, 0.25) is 5.02 Å². The van der Waals surface area contributed by atoms with Gasteiger partial charge in [0, 0.05) is 36.2 Å². The number of rotatable bonds is 7. The molecule has 0 bridgehead atoms. The smallest absolute Gasteiger partial charge is 0.244 e. The van der Waals surface area contributed by atoms with Gasteiger partial charge in [-0.2, -0.15) is 5.10 Å². The minimum Gasteiger partial charge on any atom is -0.378 e. The van der Waals surface area contributed by atoms with E-state index in [0.29, 0.717) is 16.4 Å². The number of carbonyl (C=O) groups excluding carboxylic acids is 2. The average Bonchev–Trinajstić information content (AvgIpc) is 2.62. The van der Waals surface area contributed by atoms with E-state index in [1.54, 1.807) is 31.2 Å². The summed E-state index contributed by atoms with van der Waals surface area (Å²) in [4.78, 5) is 26.0. The number of nitrogens with one attached hydrogen (secondary N) is 2. The highest BCUT2D eigenvalue weighted by Crippen LogP contribution is 2.15. The fraction of sp³-hybridized carbons (Fsp3) is 0.250. The van der Waals surface area contributed by atoms with Crippen molar-refractivity contribution >= 4 is 40.5 Å². The van der Waals surface area contributed by atoms with E-state index in [4.69, 9.17) is 11.6 Å². The fourth-order valence-corrected chi connectivity index (χ4v) is 2.43. The zero-order chi connectivity index (χ0) is 19.8. The molecule has 0 fully saturated rings. The number of amides is 2. The van der Waals surface area contributed by atoms with Gasteiger partial charge in [-0.3, -0.25) is 9.59 Å². The van der Waals surface area contributed by atoms with Gasteiger partial charge in [-0.25, -0.2) is 5.43 Å². The highest BCUT2D eigenvalue weighted by molar-refractivity contribution is 6.30. The predicted octanol–water partition coefficient (Wildman–Crippen LogP) is 3.47. The van der Waals surface area contributed by atoms with Crippen molar-refractivity contribution in [3.8, 4) is 0 Å². The van der Waals surface area contributed by atoms with E-state index in [2.05, 4.69) is 15.8 Å². The van der Waals surface area contributed by atoms with Crippen LogP contribution in [0.5, 0.6) is 0 Å². The first-order valence-electron chi connectivity index (χ1n) is 8.47. The number of hydrogen-bond donors (Lipinski definition) is 2. The predicted molar refractivity (Wildman–Crippen MR) is 110 cm³/mol. The van der Waals surface area contributed by atoms with Gasteiger partial charge in [0.15, 0.2) is 0 Å². The van der Waals surface area contributed by atoms with Gasteiger partial charge in [0.25, 0.3) is 0 Å². The SMILES string of the molecule is C/C(CC(=O)Nc1ccc(N(C)C)cc1)=N/NC(=O)Cc1ccc(Cl)cc1. The van der Waals surface area contributed by atoms with Gasteiger partial charge in [0.05, 0.1) is 12.8 Å². The Hall–Kier alpha value is -2.86. The summed E-state index contributed by atoms with van der Waals surface area (Å²) < 4.78 is 0. The number of hydrogen-bond acceptors (Lipinski definition) is 4. The van der Waals surface area contributed by atoms with Crippen molar-refractivity contribution in [2.45, 2.75) is 19.8 Å². The standard InChI is InChI=1S/C20H23ClN4O2/c1-14(23-24-20(27)13-15-4-6-16(21)7-5-15)12-19(26)22-17-8-10-18(11-9-17)25(2)3/h4-11H,12-13H2,1-3H3,(H,22,26)(H,24,27)/b23-14-. The fourth-order valence-electron chi connectivity index (χ4n) is 2.30. The van der Waals surface area contributed by atoms with E-state index < -0.39 is 0 Å². The van der Waals surface area contributed by atoms with E-state index in [9.17, 15) is 9.59 Å². The summed E-state index contributed by atoms with van der Waals surface area (Å²) in [6, 6.07) is 14.6. The zero-order valence-electron chi connectivity index (χ0n) is 15.6. The first-order valence-corrected chi connectivity index (χ1v) is 8.85. The Morgan fingerprint density at radius 2 is 1.63 bits per heavy atom. The Bertz CT molecular complexity index is 815. The maximum absolute atomic E-state index is 12.1. The Labute approximate surface area is 164 Å². The van der Waals surface area contributed by atoms with Crippen molar-refractivity contribution in [1.82, 2.24) is 5.43 Å². The molecule has 0 saturated carbocycles. The maximum atomic E-state index is 12.1. The molecule has 7 heteroatoms. The molecule has 0 spiro atoms. The topological polar surface area (TPSA) is 73.8 Å². The van der Waals surface area contributed by atoms with Crippen LogP contribution in [0.4, 0.5) is 11.4 Å². The summed E-state index contributed by atoms with van der Waals surface area (Å²) in [7, 11) is 3.91. The molecule has 0 aliphatic heterocycles. The lowest BCUT2D eigenvalue weighted by Gasteiger charge is -2.13. The van der Waals surface area contributed by atoms with Gasteiger partial charge < -0.3 is 10.2 Å². The number of benzene rings is 2. The van der Waals surface area contributed by atoms with E-state index in [-0.39, 0.29) is 24.7 Å². The second kappa shape index (κ2) is 9.73. The van der Waals surface area contributed by atoms with Crippen molar-refractivity contribution in [3.05, 3.63) is 59.1 Å². The van der Waals surface area contributed by atoms with Crippen LogP contribution >= 0.6 is 11.6 Å². The molecule has 2 aromatic carbocycles. The van der Waals surface area contributed by atoms with E-state index in [1.165, 1.54) is 0 Å². The van der Waals surface area contributed by atoms with Gasteiger partial charge in [-0.05, 0) is 48.9 Å². The number of halogens is 1. The molecule has 0 aliphatic carbocycles. The summed E-state index contributed by atoms with van der Waals surface area (Å²) >= 11 is 5.82. The highest BCUT2D eigenvalue weighted by atomic mass is 35.5. The van der Waals surface area contributed by atoms with Gasteiger partial charge in [0.1, 0.15) is 0 Å². The van der Waals surface area contributed by atoms with Crippen molar-refractivity contribution in [1.29, 1.82) is 0 Å². The molecule has 27 heavy (non-hydrogen) atoms. The number of nitrogens with zero attached hydrogens (tertiary/aromatic N) is 2. The van der Waals surface area contributed by atoms with Crippen LogP contribution in [0.3, 0.4) is 0 Å². The average molecular weight is 387 g/mol. The van der Waals surface area contributed by atoms with Gasteiger partial charge in [0.2, 0.25) is 11.8 Å². The molecule has 0 unspecified atom stereocenters. The van der Waals surface area contributed by atoms with Crippen molar-refractivity contribution in [2.24, 2.45) is 5.10 Å². The quantitative estimate of drug-likeness (QED) is 0.565. The van der Waals surface area contributed by atoms with Crippen LogP contribution in [0.15, 0.2) is 53.6 Å².